The van der Waals surface area contributed by atoms with Crippen molar-refractivity contribution in [2.45, 2.75) is 39.0 Å². The molecule has 3 nitrogen and oxygen atoms in total. The predicted molar refractivity (Wildman–Crippen MR) is 58.4 cm³/mol. The summed E-state index contributed by atoms with van der Waals surface area (Å²) in [5.74, 6) is 0.380. The van der Waals surface area contributed by atoms with Gasteiger partial charge in [0.05, 0.1) is 5.01 Å². The third kappa shape index (κ3) is 2.80. The van der Waals surface area contributed by atoms with Crippen LogP contribution in [0.3, 0.4) is 0 Å². The van der Waals surface area contributed by atoms with Crippen LogP contribution in [0.1, 0.15) is 48.9 Å². The van der Waals surface area contributed by atoms with E-state index >= 15 is 0 Å². The lowest BCUT2D eigenvalue weighted by Crippen LogP contribution is -2.13. The molecule has 0 aliphatic heterocycles. The maximum atomic E-state index is 10.7. The number of nitrogens with two attached hydrogens (primary N) is 1. The fourth-order valence-corrected chi connectivity index (χ4v) is 2.16. The van der Waals surface area contributed by atoms with Crippen molar-refractivity contribution >= 4 is 17.2 Å². The number of hydrogen-bond donors (Lipinski definition) is 1. The summed E-state index contributed by atoms with van der Waals surface area (Å²) in [7, 11) is 0. The summed E-state index contributed by atoms with van der Waals surface area (Å²) < 4.78 is 0. The maximum absolute atomic E-state index is 10.7. The summed E-state index contributed by atoms with van der Waals surface area (Å²) in [6, 6.07) is 0. The number of hydrogen-bond acceptors (Lipinski definition) is 3. The van der Waals surface area contributed by atoms with E-state index in [4.69, 9.17) is 5.73 Å². The molecule has 2 N–H and O–H groups in total. The average Bonchev–Trinajstić information content (AvgIpc) is 2.50. The van der Waals surface area contributed by atoms with Gasteiger partial charge in [0.2, 0.25) is 5.91 Å². The maximum Gasteiger partial charge on any atom is 0.218 e. The molecule has 0 aliphatic rings. The highest BCUT2D eigenvalue weighted by Gasteiger charge is 2.13. The smallest absolute Gasteiger partial charge is 0.218 e. The third-order valence-corrected chi connectivity index (χ3v) is 3.57. The Morgan fingerprint density at radius 1 is 1.57 bits per heavy atom. The van der Waals surface area contributed by atoms with Gasteiger partial charge in [-0.05, 0) is 5.92 Å². The molecular formula is C10H16N2OS. The van der Waals surface area contributed by atoms with E-state index in [9.17, 15) is 4.79 Å². The number of nitrogens with zero attached hydrogens (tertiary/aromatic N) is 1. The minimum atomic E-state index is -0.265. The largest absolute Gasteiger partial charge is 0.370 e. The van der Waals surface area contributed by atoms with Gasteiger partial charge in [-0.3, -0.25) is 4.79 Å². The molecule has 0 aromatic carbocycles. The van der Waals surface area contributed by atoms with E-state index in [1.807, 2.05) is 13.1 Å². The highest BCUT2D eigenvalue weighted by atomic mass is 32.1. The number of carbonyl (C=O) groups is 1. The molecule has 0 radical (unpaired) electrons. The highest BCUT2D eigenvalue weighted by Crippen LogP contribution is 2.28. The van der Waals surface area contributed by atoms with Crippen LogP contribution in [0.4, 0.5) is 0 Å². The molecule has 1 heterocycles. The lowest BCUT2D eigenvalue weighted by molar-refractivity contribution is -0.118. The molecule has 0 saturated heterocycles. The Kier molecular flexibility index (Phi) is 3.63. The van der Waals surface area contributed by atoms with Crippen LogP contribution >= 0.6 is 11.3 Å². The molecule has 4 heteroatoms. The Hall–Kier alpha value is -0.900. The molecule has 78 valence electrons. The van der Waals surface area contributed by atoms with Crippen LogP contribution in [0, 0.1) is 0 Å². The van der Waals surface area contributed by atoms with Crippen LogP contribution in [0.5, 0.6) is 0 Å². The van der Waals surface area contributed by atoms with E-state index in [2.05, 4.69) is 18.8 Å². The number of thiazole rings is 1. The normalized spacial score (nSPS) is 13.1. The number of aromatic nitrogens is 1. The molecule has 1 aromatic heterocycles. The minimum Gasteiger partial charge on any atom is -0.370 e. The zero-order chi connectivity index (χ0) is 10.7. The van der Waals surface area contributed by atoms with Crippen LogP contribution in [0.2, 0.25) is 0 Å². The van der Waals surface area contributed by atoms with Crippen molar-refractivity contribution in [3.8, 4) is 0 Å². The molecule has 0 spiro atoms. The molecule has 0 aliphatic carbocycles. The number of carbonyl (C=O) groups excluding carboxylic acids is 1. The summed E-state index contributed by atoms with van der Waals surface area (Å²) >= 11 is 1.67. The monoisotopic (exact) mass is 212 g/mol. The highest BCUT2D eigenvalue weighted by molar-refractivity contribution is 7.11. The second-order valence-corrected chi connectivity index (χ2v) is 4.92. The molecule has 0 bridgehead atoms. The molecule has 14 heavy (non-hydrogen) atoms. The molecular weight excluding hydrogens is 196 g/mol. The van der Waals surface area contributed by atoms with Crippen LogP contribution in [-0.2, 0) is 4.79 Å². The zero-order valence-corrected chi connectivity index (χ0v) is 9.60. The van der Waals surface area contributed by atoms with E-state index < -0.39 is 0 Å². The fourth-order valence-electron chi connectivity index (χ4n) is 1.18. The number of rotatable bonds is 4. The van der Waals surface area contributed by atoms with Gasteiger partial charge >= 0.3 is 0 Å². The second-order valence-electron chi connectivity index (χ2n) is 3.83. The van der Waals surface area contributed by atoms with Gasteiger partial charge in [0.15, 0.2) is 0 Å². The molecule has 1 atom stereocenters. The minimum absolute atomic E-state index is 0.144. The van der Waals surface area contributed by atoms with Gasteiger partial charge in [0.1, 0.15) is 0 Å². The van der Waals surface area contributed by atoms with Gasteiger partial charge in [0, 0.05) is 23.4 Å². The lowest BCUT2D eigenvalue weighted by atomic mass is 10.1. The SMILES string of the molecule is CC(C)c1cnc(C(C)CC(N)=O)s1. The quantitative estimate of drug-likeness (QED) is 0.832. The van der Waals surface area contributed by atoms with Gasteiger partial charge in [-0.25, -0.2) is 4.98 Å². The van der Waals surface area contributed by atoms with E-state index in [0.717, 1.165) is 5.01 Å². The van der Waals surface area contributed by atoms with Crippen molar-refractivity contribution in [2.24, 2.45) is 5.73 Å². The van der Waals surface area contributed by atoms with Gasteiger partial charge in [-0.2, -0.15) is 0 Å². The van der Waals surface area contributed by atoms with Crippen LogP contribution in [0.15, 0.2) is 6.20 Å². The van der Waals surface area contributed by atoms with Gasteiger partial charge < -0.3 is 5.73 Å². The summed E-state index contributed by atoms with van der Waals surface area (Å²) in [6.07, 6.45) is 2.27. The summed E-state index contributed by atoms with van der Waals surface area (Å²) in [6.45, 7) is 6.25. The fraction of sp³-hybridized carbons (Fsp3) is 0.600. The topological polar surface area (TPSA) is 56.0 Å². The van der Waals surface area contributed by atoms with Crippen molar-refractivity contribution in [3.63, 3.8) is 0 Å². The first-order valence-corrected chi connectivity index (χ1v) is 5.56. The summed E-state index contributed by atoms with van der Waals surface area (Å²) in [5.41, 5.74) is 5.14. The van der Waals surface area contributed by atoms with Crippen LogP contribution in [-0.4, -0.2) is 10.9 Å². The first-order chi connectivity index (χ1) is 6.50. The van der Waals surface area contributed by atoms with E-state index in [1.165, 1.54) is 4.88 Å². The number of amides is 1. The first kappa shape index (κ1) is 11.2. The van der Waals surface area contributed by atoms with Crippen molar-refractivity contribution in [1.29, 1.82) is 0 Å². The predicted octanol–water partition coefficient (Wildman–Crippen LogP) is 2.25. The van der Waals surface area contributed by atoms with Gasteiger partial charge in [0.25, 0.3) is 0 Å². The zero-order valence-electron chi connectivity index (χ0n) is 8.78. The molecule has 0 fully saturated rings. The van der Waals surface area contributed by atoms with Crippen molar-refractivity contribution in [3.05, 3.63) is 16.1 Å². The Balaban J connectivity index is 2.71. The van der Waals surface area contributed by atoms with Crippen molar-refractivity contribution in [1.82, 2.24) is 4.98 Å². The Bertz CT molecular complexity index is 320. The first-order valence-electron chi connectivity index (χ1n) is 4.74. The Morgan fingerprint density at radius 3 is 2.64 bits per heavy atom. The Labute approximate surface area is 88.3 Å². The summed E-state index contributed by atoms with van der Waals surface area (Å²) in [4.78, 5) is 16.3. The van der Waals surface area contributed by atoms with E-state index in [-0.39, 0.29) is 11.8 Å². The standard InChI is InChI=1S/C10H16N2OS/c1-6(2)8-5-12-10(14-8)7(3)4-9(11)13/h5-7H,4H2,1-3H3,(H2,11,13). The summed E-state index contributed by atoms with van der Waals surface area (Å²) in [5, 5.41) is 1.01. The number of primary amides is 1. The average molecular weight is 212 g/mol. The second kappa shape index (κ2) is 4.55. The lowest BCUT2D eigenvalue weighted by Gasteiger charge is -2.04. The van der Waals surface area contributed by atoms with Gasteiger partial charge in [-0.1, -0.05) is 20.8 Å². The molecule has 1 rings (SSSR count). The van der Waals surface area contributed by atoms with Crippen LogP contribution < -0.4 is 5.73 Å². The Morgan fingerprint density at radius 2 is 2.21 bits per heavy atom. The third-order valence-electron chi connectivity index (χ3n) is 2.04. The van der Waals surface area contributed by atoms with E-state index in [0.29, 0.717) is 12.3 Å². The molecule has 1 aromatic rings. The molecule has 1 unspecified atom stereocenters. The molecule has 1 amide bonds. The van der Waals surface area contributed by atoms with E-state index in [1.54, 1.807) is 11.3 Å². The van der Waals surface area contributed by atoms with Crippen molar-refractivity contribution < 1.29 is 4.79 Å². The van der Waals surface area contributed by atoms with Crippen LogP contribution in [0.25, 0.3) is 0 Å². The van der Waals surface area contributed by atoms with Gasteiger partial charge in [-0.15, -0.1) is 11.3 Å². The van der Waals surface area contributed by atoms with Crippen molar-refractivity contribution in [2.75, 3.05) is 0 Å². The molecule has 0 saturated carbocycles.